The van der Waals surface area contributed by atoms with E-state index in [1.165, 1.54) is 19.3 Å². The van der Waals surface area contributed by atoms with E-state index in [4.69, 9.17) is 11.6 Å². The Hall–Kier alpha value is -1.10. The molecule has 0 saturated heterocycles. The molecular weight excluding hydrogens is 238 g/mol. The lowest BCUT2D eigenvalue weighted by atomic mass is 10.3. The third-order valence-corrected chi connectivity index (χ3v) is 2.99. The Balaban J connectivity index is 2.18. The zero-order valence-electron chi connectivity index (χ0n) is 10.3. The largest absolute Gasteiger partial charge is 0.357 e. The monoisotopic (exact) mass is 255 g/mol. The van der Waals surface area contributed by atoms with Crippen LogP contribution in [0.2, 0.25) is 5.28 Å². The quantitative estimate of drug-likeness (QED) is 0.846. The van der Waals surface area contributed by atoms with Crippen LogP contribution in [0, 0.1) is 0 Å². The molecule has 6 heteroatoms. The first-order chi connectivity index (χ1) is 8.24. The summed E-state index contributed by atoms with van der Waals surface area (Å²) in [6.07, 6.45) is 4.76. The van der Waals surface area contributed by atoms with Crippen LogP contribution >= 0.6 is 11.6 Å². The van der Waals surface area contributed by atoms with Crippen molar-refractivity contribution in [2.24, 2.45) is 0 Å². The zero-order valence-corrected chi connectivity index (χ0v) is 11.0. The second-order valence-corrected chi connectivity index (χ2v) is 4.59. The summed E-state index contributed by atoms with van der Waals surface area (Å²) in [6.45, 7) is 3.18. The van der Waals surface area contributed by atoms with E-state index in [0.717, 1.165) is 13.0 Å². The summed E-state index contributed by atoms with van der Waals surface area (Å²) in [7, 11) is 1.78. The molecule has 0 unspecified atom stereocenters. The van der Waals surface area contributed by atoms with Crippen molar-refractivity contribution >= 4 is 23.5 Å². The third-order valence-electron chi connectivity index (χ3n) is 2.82. The standard InChI is InChI=1S/C11H18ClN5/c1-3-4-7-17(8-5-6-8)11-15-9(12)14-10(13-2)16-11/h8H,3-7H2,1-2H3,(H,13,14,15,16). The van der Waals surface area contributed by atoms with Gasteiger partial charge in [-0.25, -0.2) is 0 Å². The Morgan fingerprint density at radius 1 is 1.35 bits per heavy atom. The highest BCUT2D eigenvalue weighted by Crippen LogP contribution is 2.30. The second kappa shape index (κ2) is 5.49. The van der Waals surface area contributed by atoms with Gasteiger partial charge in [0.1, 0.15) is 0 Å². The molecule has 1 aliphatic carbocycles. The van der Waals surface area contributed by atoms with Gasteiger partial charge in [-0.3, -0.25) is 0 Å². The highest BCUT2D eigenvalue weighted by molar-refractivity contribution is 6.28. The minimum Gasteiger partial charge on any atom is -0.357 e. The fraction of sp³-hybridized carbons (Fsp3) is 0.727. The molecular formula is C11H18ClN5. The number of rotatable bonds is 6. The van der Waals surface area contributed by atoms with Crippen LogP contribution in [0.25, 0.3) is 0 Å². The lowest BCUT2D eigenvalue weighted by Gasteiger charge is -2.22. The van der Waals surface area contributed by atoms with Crippen LogP contribution in [0.4, 0.5) is 11.9 Å². The van der Waals surface area contributed by atoms with E-state index in [1.54, 1.807) is 7.05 Å². The number of nitrogens with zero attached hydrogens (tertiary/aromatic N) is 4. The van der Waals surface area contributed by atoms with Crippen molar-refractivity contribution in [1.82, 2.24) is 15.0 Å². The molecule has 0 atom stereocenters. The van der Waals surface area contributed by atoms with Crippen LogP contribution in [0.1, 0.15) is 32.6 Å². The minimum atomic E-state index is 0.251. The Bertz CT molecular complexity index is 380. The van der Waals surface area contributed by atoms with Crippen LogP contribution < -0.4 is 10.2 Å². The first-order valence-corrected chi connectivity index (χ1v) is 6.48. The lowest BCUT2D eigenvalue weighted by Crippen LogP contribution is -2.29. The smallest absolute Gasteiger partial charge is 0.231 e. The van der Waals surface area contributed by atoms with E-state index in [2.05, 4.69) is 32.1 Å². The van der Waals surface area contributed by atoms with E-state index in [-0.39, 0.29) is 5.28 Å². The normalized spacial score (nSPS) is 14.8. The fourth-order valence-electron chi connectivity index (χ4n) is 1.74. The topological polar surface area (TPSA) is 53.9 Å². The van der Waals surface area contributed by atoms with Crippen molar-refractivity contribution in [3.63, 3.8) is 0 Å². The average Bonchev–Trinajstić information content (AvgIpc) is 3.13. The molecule has 0 aromatic carbocycles. The van der Waals surface area contributed by atoms with Gasteiger partial charge in [-0.15, -0.1) is 0 Å². The van der Waals surface area contributed by atoms with Gasteiger partial charge in [0.05, 0.1) is 0 Å². The molecule has 5 nitrogen and oxygen atoms in total. The van der Waals surface area contributed by atoms with Gasteiger partial charge >= 0.3 is 0 Å². The molecule has 1 aromatic heterocycles. The van der Waals surface area contributed by atoms with Gasteiger partial charge in [0.2, 0.25) is 17.2 Å². The lowest BCUT2D eigenvalue weighted by molar-refractivity contribution is 0.692. The molecule has 1 aliphatic rings. The molecule has 0 radical (unpaired) electrons. The van der Waals surface area contributed by atoms with Gasteiger partial charge in [-0.1, -0.05) is 13.3 Å². The minimum absolute atomic E-state index is 0.251. The van der Waals surface area contributed by atoms with Crippen molar-refractivity contribution in [3.05, 3.63) is 5.28 Å². The van der Waals surface area contributed by atoms with Crippen LogP contribution in [0.3, 0.4) is 0 Å². The van der Waals surface area contributed by atoms with Crippen molar-refractivity contribution in [2.75, 3.05) is 23.8 Å². The summed E-state index contributed by atoms with van der Waals surface area (Å²) in [5.74, 6) is 1.23. The fourth-order valence-corrected chi connectivity index (χ4v) is 1.90. The Labute approximate surface area is 107 Å². The molecule has 1 saturated carbocycles. The van der Waals surface area contributed by atoms with Gasteiger partial charge in [-0.2, -0.15) is 15.0 Å². The van der Waals surface area contributed by atoms with E-state index >= 15 is 0 Å². The number of hydrogen-bond acceptors (Lipinski definition) is 5. The molecule has 0 amide bonds. The number of aromatic nitrogens is 3. The molecule has 1 heterocycles. The second-order valence-electron chi connectivity index (χ2n) is 4.26. The molecule has 0 bridgehead atoms. The van der Waals surface area contributed by atoms with E-state index in [9.17, 15) is 0 Å². The highest BCUT2D eigenvalue weighted by Gasteiger charge is 2.30. The Morgan fingerprint density at radius 3 is 2.71 bits per heavy atom. The van der Waals surface area contributed by atoms with E-state index < -0.39 is 0 Å². The number of anilines is 2. The first-order valence-electron chi connectivity index (χ1n) is 6.10. The number of hydrogen-bond donors (Lipinski definition) is 1. The molecule has 0 spiro atoms. The van der Waals surface area contributed by atoms with Crippen LogP contribution in [-0.2, 0) is 0 Å². The molecule has 0 aliphatic heterocycles. The van der Waals surface area contributed by atoms with Crippen molar-refractivity contribution < 1.29 is 0 Å². The molecule has 1 aromatic rings. The van der Waals surface area contributed by atoms with Gasteiger partial charge in [0.15, 0.2) is 0 Å². The summed E-state index contributed by atoms with van der Waals surface area (Å²) < 4.78 is 0. The number of nitrogens with one attached hydrogen (secondary N) is 1. The molecule has 94 valence electrons. The zero-order chi connectivity index (χ0) is 12.3. The Morgan fingerprint density at radius 2 is 2.12 bits per heavy atom. The molecule has 1 fully saturated rings. The van der Waals surface area contributed by atoms with Gasteiger partial charge in [-0.05, 0) is 30.9 Å². The van der Waals surface area contributed by atoms with Gasteiger partial charge in [0, 0.05) is 19.6 Å². The number of unbranched alkanes of at least 4 members (excludes halogenated alkanes) is 1. The van der Waals surface area contributed by atoms with Gasteiger partial charge < -0.3 is 10.2 Å². The summed E-state index contributed by atoms with van der Waals surface area (Å²) in [6, 6.07) is 0.588. The highest BCUT2D eigenvalue weighted by atomic mass is 35.5. The molecule has 2 rings (SSSR count). The van der Waals surface area contributed by atoms with Crippen molar-refractivity contribution in [3.8, 4) is 0 Å². The van der Waals surface area contributed by atoms with Gasteiger partial charge in [0.25, 0.3) is 0 Å². The first kappa shape index (κ1) is 12.4. The van der Waals surface area contributed by atoms with Crippen molar-refractivity contribution in [1.29, 1.82) is 0 Å². The third kappa shape index (κ3) is 3.19. The maximum absolute atomic E-state index is 5.90. The molecule has 17 heavy (non-hydrogen) atoms. The maximum atomic E-state index is 5.90. The van der Waals surface area contributed by atoms with E-state index in [1.807, 2.05) is 0 Å². The average molecular weight is 256 g/mol. The van der Waals surface area contributed by atoms with Crippen LogP contribution in [0.15, 0.2) is 0 Å². The summed E-state index contributed by atoms with van der Waals surface area (Å²) in [5, 5.41) is 3.16. The summed E-state index contributed by atoms with van der Waals surface area (Å²) in [4.78, 5) is 14.8. The molecule has 1 N–H and O–H groups in total. The predicted octanol–water partition coefficient (Wildman–Crippen LogP) is 2.34. The predicted molar refractivity (Wildman–Crippen MR) is 69.7 cm³/mol. The van der Waals surface area contributed by atoms with E-state index in [0.29, 0.717) is 17.9 Å². The summed E-state index contributed by atoms with van der Waals surface area (Å²) >= 11 is 5.90. The van der Waals surface area contributed by atoms with Crippen LogP contribution in [0.5, 0.6) is 0 Å². The SMILES string of the molecule is CCCCN(c1nc(Cl)nc(NC)n1)C1CC1. The Kier molecular flexibility index (Phi) is 3.99. The maximum Gasteiger partial charge on any atom is 0.231 e. The number of halogens is 1. The van der Waals surface area contributed by atoms with Crippen molar-refractivity contribution in [2.45, 2.75) is 38.6 Å². The van der Waals surface area contributed by atoms with Crippen LogP contribution in [-0.4, -0.2) is 34.6 Å². The summed E-state index contributed by atoms with van der Waals surface area (Å²) in [5.41, 5.74) is 0.